The Morgan fingerprint density at radius 3 is 1.44 bits per heavy atom. The van der Waals surface area contributed by atoms with E-state index in [-0.39, 0.29) is 44.6 Å². The van der Waals surface area contributed by atoms with Gasteiger partial charge in [0.1, 0.15) is 5.58 Å². The quantitative estimate of drug-likeness (QED) is 0.161. The maximum atomic E-state index is 7.65. The minimum Gasteiger partial charge on any atom is -0.468 e. The highest BCUT2D eigenvalue weighted by Gasteiger charge is 2.50. The van der Waals surface area contributed by atoms with Crippen molar-refractivity contribution in [2.45, 2.75) is 194 Å². The first-order chi connectivity index (χ1) is 30.6. The highest BCUT2D eigenvalue weighted by Crippen LogP contribution is 2.55. The van der Waals surface area contributed by atoms with Crippen LogP contribution < -0.4 is 26.4 Å². The van der Waals surface area contributed by atoms with E-state index < -0.39 is 0 Å². The van der Waals surface area contributed by atoms with Gasteiger partial charge in [-0.25, -0.2) is 0 Å². The van der Waals surface area contributed by atoms with E-state index >= 15 is 0 Å². The van der Waals surface area contributed by atoms with E-state index in [0.717, 1.165) is 11.2 Å². The summed E-state index contributed by atoms with van der Waals surface area (Å²) >= 11 is 0. The molecule has 1 aromatic heterocycles. The highest BCUT2D eigenvalue weighted by molar-refractivity contribution is 7.00. The van der Waals surface area contributed by atoms with Crippen LogP contribution in [0.1, 0.15) is 192 Å². The Morgan fingerprint density at radius 2 is 0.924 bits per heavy atom. The van der Waals surface area contributed by atoms with Gasteiger partial charge in [-0.05, 0) is 200 Å². The molecule has 0 saturated carbocycles. The van der Waals surface area contributed by atoms with Crippen LogP contribution in [0.15, 0.2) is 77.2 Å². The van der Waals surface area contributed by atoms with Gasteiger partial charge in [0.15, 0.2) is 0 Å². The van der Waals surface area contributed by atoms with Crippen molar-refractivity contribution in [3.8, 4) is 0 Å². The fourth-order valence-corrected chi connectivity index (χ4v) is 13.3. The third kappa shape index (κ3) is 6.20. The van der Waals surface area contributed by atoms with E-state index in [1.807, 2.05) is 0 Å². The molecule has 0 fully saturated rings. The molecule has 0 radical (unpaired) electrons. The van der Waals surface area contributed by atoms with Gasteiger partial charge < -0.3 is 14.2 Å². The standard InChI is InChI=1S/C62H75BN2O/c1-36-28-50-53-51(29-36)65(48-33-44-41(30-37(48)2)57(6,7)22-25-60(44,12)13)49-34-45-43(59(10,11)24-26-61(45,14)15)32-47(49)63(53)55-54(64(50)39-20-18-38(19-21-39)56(3,4)5)40-31-42-46(35-52(40)66-55)62(16,17)27-23-58(42,8)9/h18-21,28-35H,22-27H2,1-17H3. The number of rotatable bonds is 2. The number of furan rings is 1. The molecule has 5 aliphatic rings. The zero-order valence-electron chi connectivity index (χ0n) is 43.6. The van der Waals surface area contributed by atoms with Crippen molar-refractivity contribution in [3.05, 3.63) is 123 Å². The molecule has 0 N–H and O–H groups in total. The fraction of sp³-hybridized carbons (Fsp3) is 0.484. The van der Waals surface area contributed by atoms with E-state index in [0.29, 0.717) is 0 Å². The summed E-state index contributed by atoms with van der Waals surface area (Å²) in [4.78, 5) is 5.31. The largest absolute Gasteiger partial charge is 0.468 e. The van der Waals surface area contributed by atoms with Gasteiger partial charge in [0, 0.05) is 33.8 Å². The predicted octanol–water partition coefficient (Wildman–Crippen LogP) is 15.5. The number of anilines is 6. The molecule has 0 spiro atoms. The molecular weight excluding hydrogens is 800 g/mol. The van der Waals surface area contributed by atoms with Crippen molar-refractivity contribution in [2.24, 2.45) is 0 Å². The third-order valence-electron chi connectivity index (χ3n) is 18.2. The van der Waals surface area contributed by atoms with Crippen molar-refractivity contribution in [1.82, 2.24) is 0 Å². The lowest BCUT2D eigenvalue weighted by molar-refractivity contribution is 0.331. The monoisotopic (exact) mass is 875 g/mol. The molecule has 0 amide bonds. The van der Waals surface area contributed by atoms with Crippen LogP contribution >= 0.6 is 0 Å². The molecule has 66 heavy (non-hydrogen) atoms. The second kappa shape index (κ2) is 13.5. The first-order valence-corrected chi connectivity index (χ1v) is 25.4. The number of hydrogen-bond donors (Lipinski definition) is 0. The number of nitrogens with zero attached hydrogens (tertiary/aromatic N) is 2. The molecule has 0 bridgehead atoms. The van der Waals surface area contributed by atoms with Crippen LogP contribution in [0.2, 0.25) is 0 Å². The van der Waals surface area contributed by atoms with Crippen LogP contribution in [0, 0.1) is 13.8 Å². The molecule has 0 atom stereocenters. The summed E-state index contributed by atoms with van der Waals surface area (Å²) in [5.41, 5.74) is 25.6. The molecule has 0 saturated heterocycles. The Kier molecular flexibility index (Phi) is 8.97. The molecule has 0 unspecified atom stereocenters. The average molecular weight is 875 g/mol. The molecular formula is C62H75BN2O. The van der Waals surface area contributed by atoms with Crippen molar-refractivity contribution in [1.29, 1.82) is 0 Å². The van der Waals surface area contributed by atoms with E-state index in [1.54, 1.807) is 0 Å². The Hall–Kier alpha value is -4.70. The summed E-state index contributed by atoms with van der Waals surface area (Å²) in [6, 6.07) is 29.9. The van der Waals surface area contributed by atoms with Crippen LogP contribution in [0.4, 0.5) is 34.1 Å². The first-order valence-electron chi connectivity index (χ1n) is 25.4. The van der Waals surface area contributed by atoms with Crippen molar-refractivity contribution in [3.63, 3.8) is 0 Å². The van der Waals surface area contributed by atoms with Crippen LogP contribution in [0.5, 0.6) is 0 Å². The van der Waals surface area contributed by atoms with E-state index in [2.05, 4.69) is 200 Å². The van der Waals surface area contributed by atoms with Crippen LogP contribution in [0.3, 0.4) is 0 Å². The predicted molar refractivity (Wildman–Crippen MR) is 284 cm³/mol. The summed E-state index contributed by atoms with van der Waals surface area (Å²) in [6.45, 7) is 41.1. The average Bonchev–Trinajstić information content (AvgIpc) is 3.60. The summed E-state index contributed by atoms with van der Waals surface area (Å²) in [7, 11) is 0. The Morgan fingerprint density at radius 1 is 0.485 bits per heavy atom. The molecule has 11 rings (SSSR count). The fourth-order valence-electron chi connectivity index (χ4n) is 13.3. The number of fused-ring (bicyclic) bond motifs is 9. The first kappa shape index (κ1) is 43.8. The van der Waals surface area contributed by atoms with Gasteiger partial charge in [0.2, 0.25) is 0 Å². The Bertz CT molecular complexity index is 3050. The van der Waals surface area contributed by atoms with Gasteiger partial charge in [0.25, 0.3) is 6.71 Å². The molecule has 4 heteroatoms. The molecule has 3 heterocycles. The van der Waals surface area contributed by atoms with Crippen molar-refractivity contribution < 1.29 is 4.42 Å². The maximum Gasteiger partial charge on any atom is 0.297 e. The lowest BCUT2D eigenvalue weighted by atomic mass is 9.35. The molecule has 3 aliphatic carbocycles. The van der Waals surface area contributed by atoms with Crippen LogP contribution in [-0.4, -0.2) is 6.71 Å². The van der Waals surface area contributed by atoms with Crippen molar-refractivity contribution in [2.75, 3.05) is 9.80 Å². The zero-order chi connectivity index (χ0) is 47.2. The topological polar surface area (TPSA) is 19.6 Å². The molecule has 3 nitrogen and oxygen atoms in total. The van der Waals surface area contributed by atoms with E-state index in [4.69, 9.17) is 4.42 Å². The highest BCUT2D eigenvalue weighted by atomic mass is 16.3. The molecule has 2 aliphatic heterocycles. The molecule has 342 valence electrons. The Balaban J connectivity index is 1.28. The van der Waals surface area contributed by atoms with Gasteiger partial charge in [0.05, 0.1) is 11.3 Å². The number of hydrogen-bond acceptors (Lipinski definition) is 3. The Labute approximate surface area is 397 Å². The van der Waals surface area contributed by atoms with E-state index in [9.17, 15) is 0 Å². The second-order valence-corrected chi connectivity index (χ2v) is 26.8. The third-order valence-corrected chi connectivity index (χ3v) is 18.2. The zero-order valence-corrected chi connectivity index (χ0v) is 43.6. The minimum atomic E-state index is -0.0909. The van der Waals surface area contributed by atoms with Gasteiger partial charge in [-0.15, -0.1) is 0 Å². The summed E-state index contributed by atoms with van der Waals surface area (Å²) in [5, 5.41) is 1.22. The summed E-state index contributed by atoms with van der Waals surface area (Å²) in [5.74, 6) is 0. The maximum absolute atomic E-state index is 7.65. The van der Waals surface area contributed by atoms with Crippen LogP contribution in [-0.2, 0) is 37.9 Å². The smallest absolute Gasteiger partial charge is 0.297 e. The number of benzene rings is 5. The summed E-state index contributed by atoms with van der Waals surface area (Å²) in [6.07, 6.45) is 7.06. The van der Waals surface area contributed by atoms with Gasteiger partial charge in [-0.3, -0.25) is 0 Å². The SMILES string of the molecule is Cc1cc2c3c(c1)N(c1ccc(C(C)(C)C)cc1)c1c(oc4cc5c(cc14)C(C)(C)CCC5(C)C)B3c1cc3c(cc1N2c1cc2c(cc1C)C(C)(C)CCC2(C)C)C(C)(C)CCC3(C)C. The lowest BCUT2D eigenvalue weighted by Crippen LogP contribution is -2.61. The lowest BCUT2D eigenvalue weighted by Gasteiger charge is -2.47. The number of aryl methyl sites for hydroxylation is 2. The van der Waals surface area contributed by atoms with Gasteiger partial charge in [-0.2, -0.15) is 0 Å². The van der Waals surface area contributed by atoms with E-state index in [1.165, 1.54) is 139 Å². The molecule has 5 aromatic carbocycles. The summed E-state index contributed by atoms with van der Waals surface area (Å²) < 4.78 is 7.65. The normalized spacial score (nSPS) is 21.1. The minimum absolute atomic E-state index is 0.0425. The molecule has 6 aromatic rings. The van der Waals surface area contributed by atoms with Gasteiger partial charge >= 0.3 is 0 Å². The van der Waals surface area contributed by atoms with Crippen molar-refractivity contribution >= 4 is 68.4 Å². The second-order valence-electron chi connectivity index (χ2n) is 26.8. The van der Waals surface area contributed by atoms with Crippen LogP contribution in [0.25, 0.3) is 11.0 Å². The van der Waals surface area contributed by atoms with Gasteiger partial charge in [-0.1, -0.05) is 128 Å².